The normalized spacial score (nSPS) is 16.9. The van der Waals surface area contributed by atoms with Gasteiger partial charge >= 0.3 is 0 Å². The molecule has 1 N–H and O–H groups in total. The molecule has 0 bridgehead atoms. The number of thiophene rings is 1. The average Bonchev–Trinajstić information content (AvgIpc) is 2.89. The maximum atomic E-state index is 13.3. The monoisotopic (exact) mass is 261 g/mol. The molecule has 18 heavy (non-hydrogen) atoms. The molecule has 2 aromatic rings. The van der Waals surface area contributed by atoms with Crippen molar-refractivity contribution in [2.75, 3.05) is 13.1 Å². The molecule has 1 aliphatic rings. The van der Waals surface area contributed by atoms with Crippen LogP contribution in [0, 0.1) is 5.82 Å². The highest BCUT2D eigenvalue weighted by Crippen LogP contribution is 2.37. The quantitative estimate of drug-likeness (QED) is 0.861. The van der Waals surface area contributed by atoms with Gasteiger partial charge in [0.25, 0.3) is 0 Å². The molecule has 94 valence electrons. The lowest BCUT2D eigenvalue weighted by molar-refractivity contribution is 0.462. The Kier molecular flexibility index (Phi) is 3.43. The summed E-state index contributed by atoms with van der Waals surface area (Å²) in [5.74, 6) is 0.466. The van der Waals surface area contributed by atoms with Crippen LogP contribution in [0.25, 0.3) is 10.4 Å². The van der Waals surface area contributed by atoms with E-state index in [1.165, 1.54) is 29.3 Å². The molecule has 0 atom stereocenters. The first kappa shape index (κ1) is 11.9. The largest absolute Gasteiger partial charge is 0.317 e. The fourth-order valence-corrected chi connectivity index (χ4v) is 3.62. The topological polar surface area (TPSA) is 12.0 Å². The van der Waals surface area contributed by atoms with Crippen LogP contribution < -0.4 is 5.32 Å². The van der Waals surface area contributed by atoms with Crippen LogP contribution in [0.3, 0.4) is 0 Å². The van der Waals surface area contributed by atoms with Crippen LogP contribution in [0.15, 0.2) is 35.7 Å². The summed E-state index contributed by atoms with van der Waals surface area (Å²) in [7, 11) is 0. The first-order chi connectivity index (χ1) is 8.84. The van der Waals surface area contributed by atoms with Crippen molar-refractivity contribution in [3.8, 4) is 10.4 Å². The standard InChI is InChI=1S/C15H16FNS/c16-13-3-1-2-12(10-13)15-14(6-9-18-15)11-4-7-17-8-5-11/h1-3,6,9-11,17H,4-5,7-8H2. The molecule has 0 unspecified atom stereocenters. The second-order valence-electron chi connectivity index (χ2n) is 4.74. The third-order valence-corrected chi connectivity index (χ3v) is 4.54. The van der Waals surface area contributed by atoms with E-state index >= 15 is 0 Å². The second kappa shape index (κ2) is 5.21. The zero-order chi connectivity index (χ0) is 12.4. The number of hydrogen-bond donors (Lipinski definition) is 1. The van der Waals surface area contributed by atoms with Gasteiger partial charge in [-0.3, -0.25) is 0 Å². The van der Waals surface area contributed by atoms with Crippen molar-refractivity contribution in [1.82, 2.24) is 5.32 Å². The van der Waals surface area contributed by atoms with E-state index in [0.29, 0.717) is 5.92 Å². The molecule has 1 saturated heterocycles. The van der Waals surface area contributed by atoms with Gasteiger partial charge < -0.3 is 5.32 Å². The van der Waals surface area contributed by atoms with E-state index in [2.05, 4.69) is 16.8 Å². The molecule has 2 heterocycles. The number of benzene rings is 1. The molecule has 1 fully saturated rings. The van der Waals surface area contributed by atoms with Gasteiger partial charge in [0.1, 0.15) is 5.82 Å². The van der Waals surface area contributed by atoms with Crippen LogP contribution in [0.2, 0.25) is 0 Å². The molecule has 1 aromatic carbocycles. The minimum atomic E-state index is -0.155. The van der Waals surface area contributed by atoms with Crippen molar-refractivity contribution in [3.63, 3.8) is 0 Å². The molecule has 3 heteroatoms. The zero-order valence-electron chi connectivity index (χ0n) is 10.2. The molecule has 1 aliphatic heterocycles. The van der Waals surface area contributed by atoms with Crippen LogP contribution in [-0.2, 0) is 0 Å². The van der Waals surface area contributed by atoms with E-state index < -0.39 is 0 Å². The molecule has 3 rings (SSSR count). The van der Waals surface area contributed by atoms with E-state index in [1.54, 1.807) is 23.5 Å². The summed E-state index contributed by atoms with van der Waals surface area (Å²) < 4.78 is 13.3. The third kappa shape index (κ3) is 2.33. The van der Waals surface area contributed by atoms with Crippen LogP contribution in [0.1, 0.15) is 24.3 Å². The Labute approximate surface area is 111 Å². The molecule has 1 nitrogen and oxygen atoms in total. The highest BCUT2D eigenvalue weighted by molar-refractivity contribution is 7.13. The van der Waals surface area contributed by atoms with Gasteiger partial charge in [0.2, 0.25) is 0 Å². The van der Waals surface area contributed by atoms with Gasteiger partial charge in [0.15, 0.2) is 0 Å². The number of hydrogen-bond acceptors (Lipinski definition) is 2. The first-order valence-electron chi connectivity index (χ1n) is 6.38. The number of piperidine rings is 1. The van der Waals surface area contributed by atoms with Crippen LogP contribution >= 0.6 is 11.3 Å². The minimum Gasteiger partial charge on any atom is -0.317 e. The van der Waals surface area contributed by atoms with Gasteiger partial charge in [-0.1, -0.05) is 12.1 Å². The Balaban J connectivity index is 1.95. The summed E-state index contributed by atoms with van der Waals surface area (Å²) in [6.07, 6.45) is 2.36. The summed E-state index contributed by atoms with van der Waals surface area (Å²) in [5.41, 5.74) is 2.41. The summed E-state index contributed by atoms with van der Waals surface area (Å²) in [6.45, 7) is 2.17. The van der Waals surface area contributed by atoms with Gasteiger partial charge in [-0.25, -0.2) is 4.39 Å². The second-order valence-corrected chi connectivity index (χ2v) is 5.66. The number of halogens is 1. The van der Waals surface area contributed by atoms with Crippen molar-refractivity contribution < 1.29 is 4.39 Å². The van der Waals surface area contributed by atoms with Crippen LogP contribution in [0.5, 0.6) is 0 Å². The lowest BCUT2D eigenvalue weighted by Crippen LogP contribution is -2.26. The van der Waals surface area contributed by atoms with Crippen LogP contribution in [-0.4, -0.2) is 13.1 Å². The van der Waals surface area contributed by atoms with Gasteiger partial charge in [-0.15, -0.1) is 11.3 Å². The Bertz CT molecular complexity index is 529. The van der Waals surface area contributed by atoms with Gasteiger partial charge in [-0.05, 0) is 66.6 Å². The molecule has 0 radical (unpaired) electrons. The highest BCUT2D eigenvalue weighted by atomic mass is 32.1. The third-order valence-electron chi connectivity index (χ3n) is 3.56. The number of rotatable bonds is 2. The Morgan fingerprint density at radius 1 is 1.17 bits per heavy atom. The van der Waals surface area contributed by atoms with Gasteiger partial charge in [0, 0.05) is 4.88 Å². The molecule has 0 amide bonds. The van der Waals surface area contributed by atoms with Crippen molar-refractivity contribution in [3.05, 3.63) is 47.1 Å². The molecular weight excluding hydrogens is 245 g/mol. The fraction of sp³-hybridized carbons (Fsp3) is 0.333. The van der Waals surface area contributed by atoms with Crippen LogP contribution in [0.4, 0.5) is 4.39 Å². The number of nitrogens with one attached hydrogen (secondary N) is 1. The fourth-order valence-electron chi connectivity index (χ4n) is 2.64. The molecule has 0 aliphatic carbocycles. The molecule has 1 aromatic heterocycles. The van der Waals surface area contributed by atoms with Gasteiger partial charge in [0.05, 0.1) is 0 Å². The maximum absolute atomic E-state index is 13.3. The first-order valence-corrected chi connectivity index (χ1v) is 7.26. The van der Waals surface area contributed by atoms with Crippen molar-refractivity contribution >= 4 is 11.3 Å². The van der Waals surface area contributed by atoms with Gasteiger partial charge in [-0.2, -0.15) is 0 Å². The Morgan fingerprint density at radius 2 is 2.00 bits per heavy atom. The van der Waals surface area contributed by atoms with E-state index in [9.17, 15) is 4.39 Å². The Hall–Kier alpha value is -1.19. The van der Waals surface area contributed by atoms with Crippen molar-refractivity contribution in [2.24, 2.45) is 0 Å². The highest BCUT2D eigenvalue weighted by Gasteiger charge is 2.19. The lowest BCUT2D eigenvalue weighted by Gasteiger charge is -2.23. The predicted octanol–water partition coefficient (Wildman–Crippen LogP) is 4.02. The van der Waals surface area contributed by atoms with E-state index in [-0.39, 0.29) is 5.82 Å². The van der Waals surface area contributed by atoms with E-state index in [1.807, 2.05) is 6.07 Å². The Morgan fingerprint density at radius 3 is 2.78 bits per heavy atom. The minimum absolute atomic E-state index is 0.155. The summed E-state index contributed by atoms with van der Waals surface area (Å²) in [4.78, 5) is 1.24. The summed E-state index contributed by atoms with van der Waals surface area (Å²) >= 11 is 1.72. The smallest absolute Gasteiger partial charge is 0.123 e. The molecule has 0 saturated carbocycles. The average molecular weight is 261 g/mol. The lowest BCUT2D eigenvalue weighted by atomic mass is 9.89. The summed E-state index contributed by atoms with van der Waals surface area (Å²) in [5, 5.41) is 5.51. The molecular formula is C15H16FNS. The van der Waals surface area contributed by atoms with E-state index in [0.717, 1.165) is 18.7 Å². The SMILES string of the molecule is Fc1cccc(-c2sccc2C2CCNCC2)c1. The molecule has 0 spiro atoms. The summed E-state index contributed by atoms with van der Waals surface area (Å²) in [6, 6.07) is 9.13. The zero-order valence-corrected chi connectivity index (χ0v) is 11.0. The predicted molar refractivity (Wildman–Crippen MR) is 74.6 cm³/mol. The maximum Gasteiger partial charge on any atom is 0.123 e. The van der Waals surface area contributed by atoms with Crippen molar-refractivity contribution in [2.45, 2.75) is 18.8 Å². The van der Waals surface area contributed by atoms with E-state index in [4.69, 9.17) is 0 Å². The van der Waals surface area contributed by atoms with Crippen molar-refractivity contribution in [1.29, 1.82) is 0 Å².